The molecule has 0 fully saturated rings. The van der Waals surface area contributed by atoms with Gasteiger partial charge < -0.3 is 10.8 Å². The van der Waals surface area contributed by atoms with Crippen molar-refractivity contribution in [2.45, 2.75) is 12.5 Å². The van der Waals surface area contributed by atoms with Gasteiger partial charge in [-0.1, -0.05) is 0 Å². The van der Waals surface area contributed by atoms with Crippen LogP contribution in [-0.4, -0.2) is 35.3 Å². The molecule has 0 unspecified atom stereocenters. The number of carbonyl (C=O) groups is 1. The summed E-state index contributed by atoms with van der Waals surface area (Å²) in [5.41, 5.74) is 5.18. The standard InChI is InChI=1S/C6H12FNO2S/c7-2-1-3-11-4-5(8)6(9)10/h5H,1-4,8H2,(H,9,10)/t5-/m0/s1. The highest BCUT2D eigenvalue weighted by Gasteiger charge is 2.09. The van der Waals surface area contributed by atoms with Gasteiger partial charge in [0.05, 0.1) is 6.67 Å². The second kappa shape index (κ2) is 6.42. The van der Waals surface area contributed by atoms with E-state index in [0.717, 1.165) is 0 Å². The number of alkyl halides is 1. The molecule has 0 aromatic carbocycles. The first-order valence-electron chi connectivity index (χ1n) is 3.30. The van der Waals surface area contributed by atoms with Crippen molar-refractivity contribution in [2.75, 3.05) is 18.2 Å². The van der Waals surface area contributed by atoms with Crippen molar-refractivity contribution in [1.82, 2.24) is 0 Å². The molecule has 0 amide bonds. The summed E-state index contributed by atoms with van der Waals surface area (Å²) in [4.78, 5) is 10.2. The van der Waals surface area contributed by atoms with E-state index in [-0.39, 0.29) is 6.67 Å². The number of thioether (sulfide) groups is 1. The van der Waals surface area contributed by atoms with Crippen LogP contribution in [0.2, 0.25) is 0 Å². The van der Waals surface area contributed by atoms with Gasteiger partial charge >= 0.3 is 5.97 Å². The van der Waals surface area contributed by atoms with Gasteiger partial charge in [0.2, 0.25) is 0 Å². The van der Waals surface area contributed by atoms with E-state index >= 15 is 0 Å². The number of hydrogen-bond donors (Lipinski definition) is 2. The molecule has 3 N–H and O–H groups in total. The van der Waals surface area contributed by atoms with Crippen LogP contribution in [0.3, 0.4) is 0 Å². The SMILES string of the molecule is N[C@@H](CSCCCF)C(=O)O. The highest BCUT2D eigenvalue weighted by atomic mass is 32.2. The van der Waals surface area contributed by atoms with Gasteiger partial charge in [0.15, 0.2) is 0 Å². The van der Waals surface area contributed by atoms with Crippen LogP contribution >= 0.6 is 11.8 Å². The zero-order valence-corrected chi connectivity index (χ0v) is 6.94. The van der Waals surface area contributed by atoms with Crippen LogP contribution in [0.25, 0.3) is 0 Å². The molecule has 0 bridgehead atoms. The quantitative estimate of drug-likeness (QED) is 0.585. The number of nitrogens with two attached hydrogens (primary N) is 1. The Morgan fingerprint density at radius 1 is 1.73 bits per heavy atom. The number of halogens is 1. The maximum Gasteiger partial charge on any atom is 0.321 e. The third kappa shape index (κ3) is 6.12. The normalized spacial score (nSPS) is 12.9. The van der Waals surface area contributed by atoms with E-state index in [4.69, 9.17) is 10.8 Å². The molecule has 66 valence electrons. The monoisotopic (exact) mass is 181 g/mol. The Bertz CT molecular complexity index is 123. The summed E-state index contributed by atoms with van der Waals surface area (Å²) in [6.07, 6.45) is 0.469. The van der Waals surface area contributed by atoms with Crippen LogP contribution < -0.4 is 5.73 Å². The molecule has 3 nitrogen and oxygen atoms in total. The average Bonchev–Trinajstić information content (AvgIpc) is 1.97. The average molecular weight is 181 g/mol. The summed E-state index contributed by atoms with van der Waals surface area (Å²) >= 11 is 1.37. The van der Waals surface area contributed by atoms with Crippen molar-refractivity contribution in [1.29, 1.82) is 0 Å². The fraction of sp³-hybridized carbons (Fsp3) is 0.833. The number of carboxylic acid groups (broad SMARTS) is 1. The molecule has 0 radical (unpaired) electrons. The van der Waals surface area contributed by atoms with Gasteiger partial charge in [-0.05, 0) is 12.2 Å². The van der Waals surface area contributed by atoms with Gasteiger partial charge in [0, 0.05) is 5.75 Å². The third-order valence-electron chi connectivity index (χ3n) is 1.04. The summed E-state index contributed by atoms with van der Waals surface area (Å²) in [6.45, 7) is -0.352. The van der Waals surface area contributed by atoms with Crippen molar-refractivity contribution < 1.29 is 14.3 Å². The zero-order valence-electron chi connectivity index (χ0n) is 6.12. The van der Waals surface area contributed by atoms with Crippen molar-refractivity contribution in [3.05, 3.63) is 0 Å². The lowest BCUT2D eigenvalue weighted by molar-refractivity contribution is -0.137. The topological polar surface area (TPSA) is 63.3 Å². The van der Waals surface area contributed by atoms with Gasteiger partial charge in [0.1, 0.15) is 6.04 Å². The second-order valence-electron chi connectivity index (χ2n) is 2.06. The van der Waals surface area contributed by atoms with Crippen LogP contribution in [0, 0.1) is 0 Å². The van der Waals surface area contributed by atoms with Crippen molar-refractivity contribution in [3.8, 4) is 0 Å². The van der Waals surface area contributed by atoms with Crippen molar-refractivity contribution in [3.63, 3.8) is 0 Å². The number of carboxylic acids is 1. The minimum absolute atomic E-state index is 0.352. The van der Waals surface area contributed by atoms with E-state index < -0.39 is 12.0 Å². The van der Waals surface area contributed by atoms with Gasteiger partial charge in [-0.15, -0.1) is 0 Å². The highest BCUT2D eigenvalue weighted by Crippen LogP contribution is 2.03. The smallest absolute Gasteiger partial charge is 0.321 e. The Kier molecular flexibility index (Phi) is 6.25. The van der Waals surface area contributed by atoms with Gasteiger partial charge in [0.25, 0.3) is 0 Å². The largest absolute Gasteiger partial charge is 0.480 e. The molecular weight excluding hydrogens is 169 g/mol. The fourth-order valence-electron chi connectivity index (χ4n) is 0.438. The summed E-state index contributed by atoms with van der Waals surface area (Å²) in [5.74, 6) is -0.00921. The molecular formula is C6H12FNO2S. The third-order valence-corrected chi connectivity index (χ3v) is 2.21. The first-order valence-corrected chi connectivity index (χ1v) is 4.46. The van der Waals surface area contributed by atoms with E-state index in [1.807, 2.05) is 0 Å². The Morgan fingerprint density at radius 2 is 2.36 bits per heavy atom. The van der Waals surface area contributed by atoms with Crippen LogP contribution in [0.5, 0.6) is 0 Å². The molecule has 0 saturated carbocycles. The van der Waals surface area contributed by atoms with Crippen LogP contribution in [0.15, 0.2) is 0 Å². The highest BCUT2D eigenvalue weighted by molar-refractivity contribution is 7.99. The number of rotatable bonds is 6. The van der Waals surface area contributed by atoms with E-state index in [2.05, 4.69) is 0 Å². The summed E-state index contributed by atoms with van der Waals surface area (Å²) in [6, 6.07) is -0.820. The Morgan fingerprint density at radius 3 is 2.82 bits per heavy atom. The second-order valence-corrected chi connectivity index (χ2v) is 3.21. The molecule has 0 rings (SSSR count). The molecule has 0 aliphatic rings. The lowest BCUT2D eigenvalue weighted by Crippen LogP contribution is -2.32. The Hall–Kier alpha value is -0.290. The molecule has 0 aliphatic carbocycles. The Balaban J connectivity index is 3.17. The molecule has 0 aromatic heterocycles. The first-order chi connectivity index (χ1) is 5.18. The molecule has 0 aromatic rings. The first kappa shape index (κ1) is 10.7. The maximum absolute atomic E-state index is 11.5. The number of aliphatic carboxylic acids is 1. The van der Waals surface area contributed by atoms with E-state index in [1.165, 1.54) is 11.8 Å². The van der Waals surface area contributed by atoms with E-state index in [9.17, 15) is 9.18 Å². The summed E-state index contributed by atoms with van der Waals surface area (Å²) in [7, 11) is 0. The lowest BCUT2D eigenvalue weighted by atomic mass is 10.4. The maximum atomic E-state index is 11.5. The van der Waals surface area contributed by atoms with Crippen molar-refractivity contribution in [2.24, 2.45) is 5.73 Å². The lowest BCUT2D eigenvalue weighted by Gasteiger charge is -2.03. The molecule has 0 aliphatic heterocycles. The molecule has 0 spiro atoms. The summed E-state index contributed by atoms with van der Waals surface area (Å²) in [5, 5.41) is 8.33. The predicted octanol–water partition coefficient (Wildman–Crippen LogP) is 0.491. The van der Waals surface area contributed by atoms with E-state index in [1.54, 1.807) is 0 Å². The number of hydrogen-bond acceptors (Lipinski definition) is 3. The van der Waals surface area contributed by atoms with Gasteiger partial charge in [-0.25, -0.2) is 0 Å². The van der Waals surface area contributed by atoms with Crippen LogP contribution in [-0.2, 0) is 4.79 Å². The Labute approximate surface area is 69.1 Å². The molecule has 5 heteroatoms. The molecule has 11 heavy (non-hydrogen) atoms. The van der Waals surface area contributed by atoms with Gasteiger partial charge in [-0.3, -0.25) is 9.18 Å². The minimum Gasteiger partial charge on any atom is -0.480 e. The van der Waals surface area contributed by atoms with Crippen LogP contribution in [0.1, 0.15) is 6.42 Å². The summed E-state index contributed by atoms with van der Waals surface area (Å²) < 4.78 is 11.5. The van der Waals surface area contributed by atoms with Crippen molar-refractivity contribution >= 4 is 17.7 Å². The zero-order chi connectivity index (χ0) is 8.69. The molecule has 0 heterocycles. The minimum atomic E-state index is -1.00. The molecule has 0 saturated heterocycles. The predicted molar refractivity (Wildman–Crippen MR) is 43.5 cm³/mol. The van der Waals surface area contributed by atoms with Crippen LogP contribution in [0.4, 0.5) is 4.39 Å². The van der Waals surface area contributed by atoms with Gasteiger partial charge in [-0.2, -0.15) is 11.8 Å². The molecule has 1 atom stereocenters. The fourth-order valence-corrected chi connectivity index (χ4v) is 1.31. The van der Waals surface area contributed by atoms with E-state index in [0.29, 0.717) is 17.9 Å².